The van der Waals surface area contributed by atoms with Gasteiger partial charge in [-0.2, -0.15) is 0 Å². The summed E-state index contributed by atoms with van der Waals surface area (Å²) < 4.78 is 2.02. The highest BCUT2D eigenvalue weighted by molar-refractivity contribution is 8.18. The van der Waals surface area contributed by atoms with Crippen molar-refractivity contribution in [2.45, 2.75) is 6.92 Å². The molecule has 2 N–H and O–H groups in total. The highest BCUT2D eigenvalue weighted by Crippen LogP contribution is 2.31. The molecule has 0 unspecified atom stereocenters. The minimum Gasteiger partial charge on any atom is -0.478 e. The average Bonchev–Trinajstić information content (AvgIpc) is 3.17. The molecule has 1 saturated heterocycles. The van der Waals surface area contributed by atoms with Crippen LogP contribution in [0.15, 0.2) is 58.6 Å². The van der Waals surface area contributed by atoms with Crippen LogP contribution < -0.4 is 5.32 Å². The third kappa shape index (κ3) is 3.32. The number of carbonyl (C=O) groups is 2. The molecule has 1 fully saturated rings. The number of hydrogen-bond donors (Lipinski definition) is 2. The van der Waals surface area contributed by atoms with Crippen molar-refractivity contribution in [2.24, 2.45) is 12.0 Å². The molecule has 2 heterocycles. The molecule has 0 atom stereocenters. The summed E-state index contributed by atoms with van der Waals surface area (Å²) in [7, 11) is 1.97. The van der Waals surface area contributed by atoms with E-state index in [1.807, 2.05) is 55.1 Å². The van der Waals surface area contributed by atoms with Gasteiger partial charge in [-0.15, -0.1) is 0 Å². The number of para-hydroxylation sites is 1. The molecule has 1 aliphatic heterocycles. The van der Waals surface area contributed by atoms with Crippen LogP contribution in [0.5, 0.6) is 0 Å². The van der Waals surface area contributed by atoms with Gasteiger partial charge in [-0.05, 0) is 48.5 Å². The van der Waals surface area contributed by atoms with Crippen LogP contribution in [0.4, 0.5) is 5.69 Å². The zero-order chi connectivity index (χ0) is 19.8. The standard InChI is InChI=1S/C21H17N3O3S/c1-12-7-8-13(20(26)27)9-16(12)22-21-23-19(25)18(28-21)10-14-11-24(2)17-6-4-3-5-15(14)17/h3-11H,1-2H3,(H,26,27)(H,22,23,25)/b18-10+. The molecule has 2 aromatic carbocycles. The molecule has 3 aromatic rings. The summed E-state index contributed by atoms with van der Waals surface area (Å²) in [5.74, 6) is -1.23. The minimum atomic E-state index is -1.01. The van der Waals surface area contributed by atoms with Gasteiger partial charge in [-0.1, -0.05) is 24.3 Å². The van der Waals surface area contributed by atoms with Crippen LogP contribution in [-0.2, 0) is 11.8 Å². The summed E-state index contributed by atoms with van der Waals surface area (Å²) >= 11 is 1.24. The Kier molecular flexibility index (Phi) is 4.52. The molecule has 4 rings (SSSR count). The van der Waals surface area contributed by atoms with E-state index in [1.165, 1.54) is 23.9 Å². The lowest BCUT2D eigenvalue weighted by Gasteiger charge is -2.03. The van der Waals surface area contributed by atoms with Crippen molar-refractivity contribution in [1.29, 1.82) is 0 Å². The second-order valence-electron chi connectivity index (χ2n) is 6.50. The summed E-state index contributed by atoms with van der Waals surface area (Å²) in [5, 5.41) is 13.4. The topological polar surface area (TPSA) is 83.7 Å². The summed E-state index contributed by atoms with van der Waals surface area (Å²) in [6, 6.07) is 12.7. The number of benzene rings is 2. The third-order valence-corrected chi connectivity index (χ3v) is 5.45. The van der Waals surface area contributed by atoms with Crippen molar-refractivity contribution in [3.8, 4) is 0 Å². The molecular formula is C21H17N3O3S. The van der Waals surface area contributed by atoms with Gasteiger partial charge in [0.15, 0.2) is 5.17 Å². The first-order valence-corrected chi connectivity index (χ1v) is 9.41. The van der Waals surface area contributed by atoms with Crippen LogP contribution in [0.25, 0.3) is 17.0 Å². The van der Waals surface area contributed by atoms with Crippen LogP contribution in [0, 0.1) is 6.92 Å². The fourth-order valence-corrected chi connectivity index (χ4v) is 3.91. The Bertz CT molecular complexity index is 1190. The molecule has 1 amide bonds. The second kappa shape index (κ2) is 7.01. The van der Waals surface area contributed by atoms with Crippen molar-refractivity contribution in [2.75, 3.05) is 0 Å². The number of fused-ring (bicyclic) bond motifs is 1. The maximum absolute atomic E-state index is 12.4. The number of aromatic carboxylic acids is 1. The van der Waals surface area contributed by atoms with Gasteiger partial charge < -0.3 is 15.0 Å². The third-order valence-electron chi connectivity index (χ3n) is 4.54. The van der Waals surface area contributed by atoms with Gasteiger partial charge in [0.25, 0.3) is 5.91 Å². The molecule has 1 aliphatic rings. The lowest BCUT2D eigenvalue weighted by Crippen LogP contribution is -2.19. The van der Waals surface area contributed by atoms with Crippen molar-refractivity contribution < 1.29 is 14.7 Å². The molecular weight excluding hydrogens is 374 g/mol. The van der Waals surface area contributed by atoms with Crippen LogP contribution in [0.1, 0.15) is 21.5 Å². The number of nitrogens with zero attached hydrogens (tertiary/aromatic N) is 2. The molecule has 0 radical (unpaired) electrons. The Labute approximate surface area is 165 Å². The van der Waals surface area contributed by atoms with Crippen LogP contribution >= 0.6 is 11.8 Å². The van der Waals surface area contributed by atoms with E-state index < -0.39 is 5.97 Å². The average molecular weight is 391 g/mol. The smallest absolute Gasteiger partial charge is 0.335 e. The number of carboxylic acids is 1. The number of rotatable bonds is 3. The summed E-state index contributed by atoms with van der Waals surface area (Å²) in [6.07, 6.45) is 3.84. The summed E-state index contributed by atoms with van der Waals surface area (Å²) in [6.45, 7) is 1.85. The van der Waals surface area contributed by atoms with E-state index in [-0.39, 0.29) is 11.5 Å². The molecule has 140 valence electrons. The predicted octanol–water partition coefficient (Wildman–Crippen LogP) is 4.08. The fourth-order valence-electron chi connectivity index (χ4n) is 3.08. The molecule has 0 aliphatic carbocycles. The normalized spacial score (nSPS) is 16.9. The Morgan fingerprint density at radius 2 is 2.04 bits per heavy atom. The first-order valence-electron chi connectivity index (χ1n) is 8.60. The molecule has 28 heavy (non-hydrogen) atoms. The Morgan fingerprint density at radius 1 is 1.25 bits per heavy atom. The van der Waals surface area contributed by atoms with Gasteiger partial charge in [0.2, 0.25) is 0 Å². The minimum absolute atomic E-state index is 0.158. The number of nitrogens with one attached hydrogen (secondary N) is 1. The molecule has 0 spiro atoms. The molecule has 7 heteroatoms. The van der Waals surface area contributed by atoms with E-state index in [0.717, 1.165) is 22.0 Å². The first-order chi connectivity index (χ1) is 13.4. The van der Waals surface area contributed by atoms with Crippen molar-refractivity contribution >= 4 is 51.5 Å². The van der Waals surface area contributed by atoms with E-state index in [2.05, 4.69) is 10.3 Å². The quantitative estimate of drug-likeness (QED) is 0.659. The molecule has 6 nitrogen and oxygen atoms in total. The zero-order valence-electron chi connectivity index (χ0n) is 15.3. The van der Waals surface area contributed by atoms with Crippen molar-refractivity contribution in [3.05, 3.63) is 70.3 Å². The van der Waals surface area contributed by atoms with Gasteiger partial charge in [-0.25, -0.2) is 9.79 Å². The fraction of sp³-hybridized carbons (Fsp3) is 0.0952. The number of carboxylic acid groups (broad SMARTS) is 1. The lowest BCUT2D eigenvalue weighted by molar-refractivity contribution is -0.115. The maximum Gasteiger partial charge on any atom is 0.335 e. The van der Waals surface area contributed by atoms with E-state index >= 15 is 0 Å². The summed E-state index contributed by atoms with van der Waals surface area (Å²) in [5.41, 5.74) is 3.56. The highest BCUT2D eigenvalue weighted by Gasteiger charge is 2.24. The van der Waals surface area contributed by atoms with E-state index in [1.54, 1.807) is 6.07 Å². The number of amides is 1. The second-order valence-corrected chi connectivity index (χ2v) is 7.53. The molecule has 0 saturated carbocycles. The lowest BCUT2D eigenvalue weighted by atomic mass is 10.1. The Morgan fingerprint density at radius 3 is 2.82 bits per heavy atom. The zero-order valence-corrected chi connectivity index (χ0v) is 16.1. The number of aryl methyl sites for hydroxylation is 2. The number of amidine groups is 1. The highest BCUT2D eigenvalue weighted by atomic mass is 32.2. The van der Waals surface area contributed by atoms with Gasteiger partial charge in [0.1, 0.15) is 0 Å². The van der Waals surface area contributed by atoms with Gasteiger partial charge in [0, 0.05) is 29.7 Å². The largest absolute Gasteiger partial charge is 0.478 e. The van der Waals surface area contributed by atoms with E-state index in [9.17, 15) is 9.59 Å². The molecule has 0 bridgehead atoms. The van der Waals surface area contributed by atoms with Crippen LogP contribution in [0.3, 0.4) is 0 Å². The number of carbonyl (C=O) groups excluding carboxylic acids is 1. The van der Waals surface area contributed by atoms with Crippen molar-refractivity contribution in [3.63, 3.8) is 0 Å². The van der Waals surface area contributed by atoms with Gasteiger partial charge in [-0.3, -0.25) is 4.79 Å². The summed E-state index contributed by atoms with van der Waals surface area (Å²) in [4.78, 5) is 28.6. The first kappa shape index (κ1) is 18.1. The van der Waals surface area contributed by atoms with Crippen LogP contribution in [0.2, 0.25) is 0 Å². The van der Waals surface area contributed by atoms with Gasteiger partial charge >= 0.3 is 5.97 Å². The number of thioether (sulfide) groups is 1. The van der Waals surface area contributed by atoms with E-state index in [4.69, 9.17) is 5.11 Å². The Hall–Kier alpha value is -3.32. The van der Waals surface area contributed by atoms with Crippen molar-refractivity contribution in [1.82, 2.24) is 9.88 Å². The number of hydrogen-bond acceptors (Lipinski definition) is 4. The monoisotopic (exact) mass is 391 g/mol. The van der Waals surface area contributed by atoms with Gasteiger partial charge in [0.05, 0.1) is 16.2 Å². The SMILES string of the molecule is Cc1ccc(C(=O)O)cc1N=C1NC(=O)/C(=C\c2cn(C)c3ccccc23)S1. The predicted molar refractivity (Wildman–Crippen MR) is 112 cm³/mol. The molecule has 1 aromatic heterocycles. The van der Waals surface area contributed by atoms with E-state index in [0.29, 0.717) is 15.8 Å². The Balaban J connectivity index is 1.68. The van der Waals surface area contributed by atoms with Crippen LogP contribution in [-0.4, -0.2) is 26.7 Å². The maximum atomic E-state index is 12.4. The number of aromatic nitrogens is 1. The number of aliphatic imine (C=N–C) groups is 1.